The van der Waals surface area contributed by atoms with Crippen molar-refractivity contribution in [2.24, 2.45) is 0 Å². The molecule has 0 amide bonds. The molecule has 3 nitrogen and oxygen atoms in total. The third-order valence-corrected chi connectivity index (χ3v) is 2.26. The lowest BCUT2D eigenvalue weighted by atomic mass is 10.0. The van der Waals surface area contributed by atoms with Crippen LogP contribution in [0.15, 0.2) is 18.2 Å². The van der Waals surface area contributed by atoms with Crippen LogP contribution in [-0.2, 0) is 0 Å². The van der Waals surface area contributed by atoms with Crippen LogP contribution in [0.2, 0.25) is 0 Å². The number of benzene rings is 1. The highest BCUT2D eigenvalue weighted by molar-refractivity contribution is 5.68. The van der Waals surface area contributed by atoms with Crippen molar-refractivity contribution in [2.45, 2.75) is 19.4 Å². The van der Waals surface area contributed by atoms with Gasteiger partial charge in [0.2, 0.25) is 0 Å². The molecule has 1 aliphatic heterocycles. The van der Waals surface area contributed by atoms with Gasteiger partial charge in [0.25, 0.3) is 0 Å². The summed E-state index contributed by atoms with van der Waals surface area (Å²) in [4.78, 5) is 0. The maximum absolute atomic E-state index is 5.64. The van der Waals surface area contributed by atoms with E-state index < -0.39 is 0 Å². The third-order valence-electron chi connectivity index (χ3n) is 2.26. The quantitative estimate of drug-likeness (QED) is 0.742. The summed E-state index contributed by atoms with van der Waals surface area (Å²) in [5.74, 6) is 1.69. The molecule has 0 radical (unpaired) electrons. The first kappa shape index (κ1) is 9.19. The minimum absolute atomic E-state index is 0.0400. The number of nitrogens with one attached hydrogen (secondary N) is 1. The zero-order valence-electron chi connectivity index (χ0n) is 8.76. The van der Waals surface area contributed by atoms with Gasteiger partial charge in [-0.2, -0.15) is 0 Å². The molecule has 0 unspecified atom stereocenters. The topological polar surface area (TPSA) is 30.5 Å². The number of hydrogen-bond donors (Lipinski definition) is 1. The van der Waals surface area contributed by atoms with Crippen molar-refractivity contribution in [3.8, 4) is 11.5 Å². The molecule has 1 heterocycles. The van der Waals surface area contributed by atoms with Gasteiger partial charge in [-0.3, -0.25) is 0 Å². The van der Waals surface area contributed by atoms with Crippen molar-refractivity contribution in [1.82, 2.24) is 0 Å². The maximum atomic E-state index is 5.64. The molecule has 0 bridgehead atoms. The van der Waals surface area contributed by atoms with Crippen LogP contribution < -0.4 is 14.8 Å². The summed E-state index contributed by atoms with van der Waals surface area (Å²) in [6.45, 7) is 4.87. The van der Waals surface area contributed by atoms with E-state index in [2.05, 4.69) is 19.2 Å². The Bertz CT molecular complexity index is 333. The molecule has 0 fully saturated rings. The maximum Gasteiger partial charge on any atom is 0.146 e. The van der Waals surface area contributed by atoms with Gasteiger partial charge < -0.3 is 14.8 Å². The van der Waals surface area contributed by atoms with E-state index >= 15 is 0 Å². The fourth-order valence-corrected chi connectivity index (χ4v) is 1.56. The highest BCUT2D eigenvalue weighted by atomic mass is 16.5. The van der Waals surface area contributed by atoms with Crippen molar-refractivity contribution in [3.63, 3.8) is 0 Å². The molecule has 0 aliphatic carbocycles. The van der Waals surface area contributed by atoms with Gasteiger partial charge in [0.05, 0.1) is 12.6 Å². The van der Waals surface area contributed by atoms with Crippen LogP contribution in [0.3, 0.4) is 0 Å². The van der Waals surface area contributed by atoms with Crippen molar-refractivity contribution >= 4 is 5.69 Å². The summed E-state index contributed by atoms with van der Waals surface area (Å²) in [7, 11) is 1.67. The van der Waals surface area contributed by atoms with E-state index in [4.69, 9.17) is 9.47 Å². The second-order valence-electron chi connectivity index (χ2n) is 4.13. The number of ether oxygens (including phenoxy) is 2. The van der Waals surface area contributed by atoms with Crippen LogP contribution in [0.25, 0.3) is 0 Å². The van der Waals surface area contributed by atoms with E-state index in [1.807, 2.05) is 18.2 Å². The minimum atomic E-state index is -0.0400. The SMILES string of the molecule is COc1cccc2c1NC(C)(C)CO2. The zero-order chi connectivity index (χ0) is 10.2. The third kappa shape index (κ3) is 1.50. The summed E-state index contributed by atoms with van der Waals surface area (Å²) in [6.07, 6.45) is 0. The highest BCUT2D eigenvalue weighted by Crippen LogP contribution is 2.39. The molecule has 1 N–H and O–H groups in total. The predicted octanol–water partition coefficient (Wildman–Crippen LogP) is 2.28. The number of fused-ring (bicyclic) bond motifs is 1. The fraction of sp³-hybridized carbons (Fsp3) is 0.455. The first-order valence-corrected chi connectivity index (χ1v) is 4.70. The smallest absolute Gasteiger partial charge is 0.146 e. The highest BCUT2D eigenvalue weighted by Gasteiger charge is 2.27. The van der Waals surface area contributed by atoms with E-state index in [9.17, 15) is 0 Å². The van der Waals surface area contributed by atoms with Gasteiger partial charge in [-0.1, -0.05) is 6.07 Å². The van der Waals surface area contributed by atoms with Gasteiger partial charge in [0, 0.05) is 0 Å². The molecular formula is C11H15NO2. The van der Waals surface area contributed by atoms with Gasteiger partial charge in [0.1, 0.15) is 23.8 Å². The van der Waals surface area contributed by atoms with Crippen LogP contribution in [0.1, 0.15) is 13.8 Å². The molecule has 1 aromatic carbocycles. The predicted molar refractivity (Wildman–Crippen MR) is 56.2 cm³/mol. The van der Waals surface area contributed by atoms with Gasteiger partial charge in [0.15, 0.2) is 0 Å². The summed E-state index contributed by atoms with van der Waals surface area (Å²) in [6, 6.07) is 5.80. The number of rotatable bonds is 1. The fourth-order valence-electron chi connectivity index (χ4n) is 1.56. The Balaban J connectivity index is 2.43. The van der Waals surface area contributed by atoms with Crippen LogP contribution in [0.4, 0.5) is 5.69 Å². The second kappa shape index (κ2) is 3.08. The Morgan fingerprint density at radius 2 is 2.21 bits per heavy atom. The average Bonchev–Trinajstić information content (AvgIpc) is 2.15. The molecule has 1 aromatic rings. The Morgan fingerprint density at radius 1 is 1.43 bits per heavy atom. The zero-order valence-corrected chi connectivity index (χ0v) is 8.76. The normalized spacial score (nSPS) is 17.6. The van der Waals surface area contributed by atoms with Crippen molar-refractivity contribution in [3.05, 3.63) is 18.2 Å². The molecule has 0 atom stereocenters. The van der Waals surface area contributed by atoms with E-state index in [1.165, 1.54) is 0 Å². The summed E-state index contributed by atoms with van der Waals surface area (Å²) in [5.41, 5.74) is 0.910. The molecule has 76 valence electrons. The Labute approximate surface area is 84.0 Å². The first-order valence-electron chi connectivity index (χ1n) is 4.70. The Hall–Kier alpha value is -1.38. The van der Waals surface area contributed by atoms with E-state index in [-0.39, 0.29) is 5.54 Å². The Morgan fingerprint density at radius 3 is 2.93 bits per heavy atom. The monoisotopic (exact) mass is 193 g/mol. The molecular weight excluding hydrogens is 178 g/mol. The summed E-state index contributed by atoms with van der Waals surface area (Å²) < 4.78 is 10.9. The molecule has 0 aromatic heterocycles. The largest absolute Gasteiger partial charge is 0.494 e. The van der Waals surface area contributed by atoms with Gasteiger partial charge in [-0.15, -0.1) is 0 Å². The van der Waals surface area contributed by atoms with Crippen LogP contribution in [-0.4, -0.2) is 19.3 Å². The number of anilines is 1. The van der Waals surface area contributed by atoms with E-state index in [0.717, 1.165) is 17.2 Å². The average molecular weight is 193 g/mol. The first-order chi connectivity index (χ1) is 6.62. The lowest BCUT2D eigenvalue weighted by Crippen LogP contribution is -2.41. The minimum Gasteiger partial charge on any atom is -0.494 e. The molecule has 0 saturated carbocycles. The van der Waals surface area contributed by atoms with Crippen LogP contribution in [0.5, 0.6) is 11.5 Å². The van der Waals surface area contributed by atoms with Crippen molar-refractivity contribution < 1.29 is 9.47 Å². The lowest BCUT2D eigenvalue weighted by molar-refractivity contribution is 0.239. The second-order valence-corrected chi connectivity index (χ2v) is 4.13. The molecule has 14 heavy (non-hydrogen) atoms. The molecule has 2 rings (SSSR count). The van der Waals surface area contributed by atoms with Crippen LogP contribution >= 0.6 is 0 Å². The molecule has 3 heteroatoms. The van der Waals surface area contributed by atoms with E-state index in [1.54, 1.807) is 7.11 Å². The van der Waals surface area contributed by atoms with Gasteiger partial charge >= 0.3 is 0 Å². The van der Waals surface area contributed by atoms with Crippen molar-refractivity contribution in [2.75, 3.05) is 19.0 Å². The van der Waals surface area contributed by atoms with Crippen LogP contribution in [0, 0.1) is 0 Å². The molecule has 0 spiro atoms. The number of para-hydroxylation sites is 1. The summed E-state index contributed by atoms with van der Waals surface area (Å²) in [5, 5.41) is 3.41. The molecule has 0 saturated heterocycles. The summed E-state index contributed by atoms with van der Waals surface area (Å²) >= 11 is 0. The van der Waals surface area contributed by atoms with E-state index in [0.29, 0.717) is 6.61 Å². The Kier molecular flexibility index (Phi) is 2.02. The number of methoxy groups -OCH3 is 1. The van der Waals surface area contributed by atoms with Gasteiger partial charge in [-0.05, 0) is 26.0 Å². The number of hydrogen-bond acceptors (Lipinski definition) is 3. The standard InChI is InChI=1S/C11H15NO2/c1-11(2)7-14-9-6-4-5-8(13-3)10(9)12-11/h4-6,12H,7H2,1-3H3. The molecule has 1 aliphatic rings. The van der Waals surface area contributed by atoms with Crippen molar-refractivity contribution in [1.29, 1.82) is 0 Å². The van der Waals surface area contributed by atoms with Gasteiger partial charge in [-0.25, -0.2) is 0 Å². The lowest BCUT2D eigenvalue weighted by Gasteiger charge is -2.34.